The molecule has 4 heteroatoms. The molecule has 0 bridgehead atoms. The van der Waals surface area contributed by atoms with Crippen molar-refractivity contribution in [3.63, 3.8) is 0 Å². The Hall–Kier alpha value is -0.610. The number of benzene rings is 1. The number of thioether (sulfide) groups is 1. The molecule has 1 aliphatic heterocycles. The lowest BCUT2D eigenvalue weighted by Gasteiger charge is -2.18. The molecule has 2 unspecified atom stereocenters. The van der Waals surface area contributed by atoms with Gasteiger partial charge in [0.1, 0.15) is 11.6 Å². The molecule has 0 amide bonds. The zero-order valence-electron chi connectivity index (χ0n) is 8.96. The van der Waals surface area contributed by atoms with Gasteiger partial charge in [-0.25, -0.2) is 8.78 Å². The Balaban J connectivity index is 2.04. The van der Waals surface area contributed by atoms with Gasteiger partial charge in [-0.05, 0) is 54.0 Å². The van der Waals surface area contributed by atoms with E-state index in [-0.39, 0.29) is 11.9 Å². The van der Waals surface area contributed by atoms with Crippen LogP contribution in [-0.4, -0.2) is 17.5 Å². The van der Waals surface area contributed by atoms with Crippen LogP contribution >= 0.6 is 11.8 Å². The van der Waals surface area contributed by atoms with Crippen molar-refractivity contribution in [1.29, 1.82) is 0 Å². The highest BCUT2D eigenvalue weighted by Crippen LogP contribution is 2.27. The molecule has 0 spiro atoms. The van der Waals surface area contributed by atoms with Gasteiger partial charge in [0, 0.05) is 6.04 Å². The smallest absolute Gasteiger partial charge is 0.126 e. The molecule has 0 radical (unpaired) electrons. The van der Waals surface area contributed by atoms with Gasteiger partial charge in [-0.2, -0.15) is 11.8 Å². The Morgan fingerprint density at radius 3 is 2.94 bits per heavy atom. The van der Waals surface area contributed by atoms with Gasteiger partial charge in [0.15, 0.2) is 0 Å². The third-order valence-corrected chi connectivity index (χ3v) is 4.22. The lowest BCUT2D eigenvalue weighted by atomic mass is 9.93. The van der Waals surface area contributed by atoms with E-state index in [1.807, 2.05) is 11.8 Å². The monoisotopic (exact) mass is 243 g/mol. The van der Waals surface area contributed by atoms with E-state index in [2.05, 4.69) is 0 Å². The van der Waals surface area contributed by atoms with Crippen LogP contribution in [-0.2, 0) is 6.42 Å². The van der Waals surface area contributed by atoms with Crippen LogP contribution in [0.15, 0.2) is 18.2 Å². The summed E-state index contributed by atoms with van der Waals surface area (Å²) in [6, 6.07) is 3.49. The maximum atomic E-state index is 13.4. The standard InChI is InChI=1S/C12H15F2NS/c13-10-1-2-11(14)9(5-10)6-12(15)8-3-4-16-7-8/h1-2,5,8,12H,3-4,6-7,15H2. The van der Waals surface area contributed by atoms with Crippen molar-refractivity contribution in [3.05, 3.63) is 35.4 Å². The van der Waals surface area contributed by atoms with Crippen LogP contribution in [0, 0.1) is 17.6 Å². The fourth-order valence-corrected chi connectivity index (χ4v) is 3.36. The summed E-state index contributed by atoms with van der Waals surface area (Å²) in [6.45, 7) is 0. The first-order valence-electron chi connectivity index (χ1n) is 5.44. The van der Waals surface area contributed by atoms with Crippen LogP contribution in [0.4, 0.5) is 8.78 Å². The van der Waals surface area contributed by atoms with Crippen molar-refractivity contribution in [2.45, 2.75) is 18.9 Å². The SMILES string of the molecule is NC(Cc1cc(F)ccc1F)C1CCSC1. The minimum Gasteiger partial charge on any atom is -0.327 e. The van der Waals surface area contributed by atoms with Crippen molar-refractivity contribution in [3.8, 4) is 0 Å². The summed E-state index contributed by atoms with van der Waals surface area (Å²) < 4.78 is 26.4. The minimum atomic E-state index is -0.399. The van der Waals surface area contributed by atoms with Crippen molar-refractivity contribution >= 4 is 11.8 Å². The van der Waals surface area contributed by atoms with E-state index in [9.17, 15) is 8.78 Å². The largest absolute Gasteiger partial charge is 0.327 e. The van der Waals surface area contributed by atoms with Gasteiger partial charge in [0.25, 0.3) is 0 Å². The normalized spacial score (nSPS) is 22.3. The van der Waals surface area contributed by atoms with E-state index in [0.29, 0.717) is 17.9 Å². The fraction of sp³-hybridized carbons (Fsp3) is 0.500. The number of hydrogen-bond acceptors (Lipinski definition) is 2. The topological polar surface area (TPSA) is 26.0 Å². The van der Waals surface area contributed by atoms with E-state index in [1.54, 1.807) is 0 Å². The van der Waals surface area contributed by atoms with Gasteiger partial charge in [-0.1, -0.05) is 0 Å². The zero-order valence-corrected chi connectivity index (χ0v) is 9.77. The number of rotatable bonds is 3. The summed E-state index contributed by atoms with van der Waals surface area (Å²) in [4.78, 5) is 0. The molecule has 88 valence electrons. The lowest BCUT2D eigenvalue weighted by molar-refractivity contribution is 0.453. The summed E-state index contributed by atoms with van der Waals surface area (Å²) in [5.41, 5.74) is 6.42. The molecule has 1 heterocycles. The van der Waals surface area contributed by atoms with Gasteiger partial charge in [-0.15, -0.1) is 0 Å². The Morgan fingerprint density at radius 1 is 1.44 bits per heavy atom. The molecule has 1 aromatic carbocycles. The van der Waals surface area contributed by atoms with Crippen LogP contribution < -0.4 is 5.73 Å². The molecule has 1 aromatic rings. The highest BCUT2D eigenvalue weighted by Gasteiger charge is 2.23. The Morgan fingerprint density at radius 2 is 2.25 bits per heavy atom. The Kier molecular flexibility index (Phi) is 3.82. The van der Waals surface area contributed by atoms with E-state index >= 15 is 0 Å². The summed E-state index contributed by atoms with van der Waals surface area (Å²) in [6.07, 6.45) is 1.51. The molecule has 1 nitrogen and oxygen atoms in total. The van der Waals surface area contributed by atoms with Gasteiger partial charge >= 0.3 is 0 Å². The first kappa shape index (κ1) is 11.9. The highest BCUT2D eigenvalue weighted by atomic mass is 32.2. The molecule has 0 saturated carbocycles. The minimum absolute atomic E-state index is 0.0636. The summed E-state index contributed by atoms with van der Waals surface area (Å²) in [5, 5.41) is 0. The van der Waals surface area contributed by atoms with Gasteiger partial charge in [0.2, 0.25) is 0 Å². The van der Waals surface area contributed by atoms with Gasteiger partial charge in [-0.3, -0.25) is 0 Å². The maximum Gasteiger partial charge on any atom is 0.126 e. The molecule has 1 aliphatic rings. The first-order valence-corrected chi connectivity index (χ1v) is 6.59. The summed E-state index contributed by atoms with van der Waals surface area (Å²) in [7, 11) is 0. The molecule has 1 fully saturated rings. The van der Waals surface area contributed by atoms with Crippen LogP contribution in [0.25, 0.3) is 0 Å². The van der Waals surface area contributed by atoms with Crippen molar-refractivity contribution < 1.29 is 8.78 Å². The van der Waals surface area contributed by atoms with Crippen LogP contribution in [0.2, 0.25) is 0 Å². The summed E-state index contributed by atoms with van der Waals surface area (Å²) >= 11 is 1.88. The van der Waals surface area contributed by atoms with Crippen molar-refractivity contribution in [2.75, 3.05) is 11.5 Å². The van der Waals surface area contributed by atoms with Crippen LogP contribution in [0.3, 0.4) is 0 Å². The van der Waals surface area contributed by atoms with E-state index in [1.165, 1.54) is 12.1 Å². The molecule has 16 heavy (non-hydrogen) atoms. The molecule has 0 aromatic heterocycles. The van der Waals surface area contributed by atoms with E-state index < -0.39 is 5.82 Å². The van der Waals surface area contributed by atoms with E-state index in [0.717, 1.165) is 24.0 Å². The molecule has 2 N–H and O–H groups in total. The predicted octanol–water partition coefficient (Wildman–Crippen LogP) is 2.59. The molecule has 2 rings (SSSR count). The zero-order chi connectivity index (χ0) is 11.5. The average Bonchev–Trinajstić information content (AvgIpc) is 2.76. The maximum absolute atomic E-state index is 13.4. The second kappa shape index (κ2) is 5.15. The Bertz CT molecular complexity index is 364. The fourth-order valence-electron chi connectivity index (χ4n) is 2.01. The number of halogens is 2. The predicted molar refractivity (Wildman–Crippen MR) is 63.5 cm³/mol. The Labute approximate surface area is 98.4 Å². The third-order valence-electron chi connectivity index (χ3n) is 3.03. The second-order valence-electron chi connectivity index (χ2n) is 4.23. The number of hydrogen-bond donors (Lipinski definition) is 1. The van der Waals surface area contributed by atoms with Crippen molar-refractivity contribution in [1.82, 2.24) is 0 Å². The average molecular weight is 243 g/mol. The van der Waals surface area contributed by atoms with Gasteiger partial charge < -0.3 is 5.73 Å². The molecular weight excluding hydrogens is 228 g/mol. The molecule has 2 atom stereocenters. The third kappa shape index (κ3) is 2.74. The van der Waals surface area contributed by atoms with Gasteiger partial charge in [0.05, 0.1) is 0 Å². The first-order chi connectivity index (χ1) is 7.66. The van der Waals surface area contributed by atoms with Crippen molar-refractivity contribution in [2.24, 2.45) is 11.7 Å². The second-order valence-corrected chi connectivity index (χ2v) is 5.38. The van der Waals surface area contributed by atoms with Crippen LogP contribution in [0.1, 0.15) is 12.0 Å². The highest BCUT2D eigenvalue weighted by molar-refractivity contribution is 7.99. The van der Waals surface area contributed by atoms with E-state index in [4.69, 9.17) is 5.73 Å². The lowest BCUT2D eigenvalue weighted by Crippen LogP contribution is -2.32. The molecule has 0 aliphatic carbocycles. The quantitative estimate of drug-likeness (QED) is 0.883. The molecular formula is C12H15F2NS. The number of nitrogens with two attached hydrogens (primary N) is 1. The van der Waals surface area contributed by atoms with Crippen LogP contribution in [0.5, 0.6) is 0 Å². The summed E-state index contributed by atoms with van der Waals surface area (Å²) in [5.74, 6) is 1.85. The molecule has 1 saturated heterocycles.